The largest absolute Gasteiger partial charge is 0.380 e. The van der Waals surface area contributed by atoms with Crippen LogP contribution < -0.4 is 4.72 Å². The van der Waals surface area contributed by atoms with E-state index >= 15 is 0 Å². The lowest BCUT2D eigenvalue weighted by Gasteiger charge is -2.22. The summed E-state index contributed by atoms with van der Waals surface area (Å²) in [5.74, 6) is -2.96. The summed E-state index contributed by atoms with van der Waals surface area (Å²) in [6.45, 7) is 0.481. The molecule has 1 unspecified atom stereocenters. The van der Waals surface area contributed by atoms with Crippen LogP contribution in [-0.4, -0.2) is 32.8 Å². The molecule has 20 heavy (non-hydrogen) atoms. The molecule has 1 amide bonds. The average Bonchev–Trinajstić information content (AvgIpc) is 2.38. The highest BCUT2D eigenvalue weighted by Crippen LogP contribution is 2.15. The van der Waals surface area contributed by atoms with Crippen molar-refractivity contribution >= 4 is 15.9 Å². The summed E-state index contributed by atoms with van der Waals surface area (Å²) in [4.78, 5) is 11.7. The monoisotopic (exact) mass is 305 g/mol. The van der Waals surface area contributed by atoms with E-state index in [1.54, 1.807) is 0 Å². The van der Waals surface area contributed by atoms with Crippen molar-refractivity contribution in [2.45, 2.75) is 18.1 Å². The number of carbonyl (C=O) groups excluding carboxylic acids is 1. The van der Waals surface area contributed by atoms with Gasteiger partial charge in [0.25, 0.3) is 5.91 Å². The summed E-state index contributed by atoms with van der Waals surface area (Å²) in [5.41, 5.74) is -0.386. The Balaban J connectivity index is 2.13. The molecule has 1 saturated heterocycles. The molecular weight excluding hydrogens is 292 g/mol. The molecule has 8 heteroatoms. The smallest absolute Gasteiger partial charge is 0.264 e. The molecule has 1 aliphatic rings. The second-order valence-electron chi connectivity index (χ2n) is 4.47. The van der Waals surface area contributed by atoms with Crippen molar-refractivity contribution in [3.63, 3.8) is 0 Å². The molecule has 110 valence electrons. The molecule has 0 aliphatic carbocycles. The van der Waals surface area contributed by atoms with Gasteiger partial charge in [0.15, 0.2) is 0 Å². The zero-order chi connectivity index (χ0) is 14.8. The fourth-order valence-electron chi connectivity index (χ4n) is 1.91. The maximum absolute atomic E-state index is 13.0. The van der Waals surface area contributed by atoms with Crippen LogP contribution >= 0.6 is 0 Å². The molecule has 1 heterocycles. The number of ether oxygens (including phenoxy) is 1. The maximum atomic E-state index is 13.0. The SMILES string of the molecule is O=C(NS(=O)(=O)C1CCCOC1)c1cc(F)cc(F)c1. The Morgan fingerprint density at radius 2 is 1.90 bits per heavy atom. The van der Waals surface area contributed by atoms with E-state index in [-0.39, 0.29) is 12.2 Å². The summed E-state index contributed by atoms with van der Waals surface area (Å²) in [6, 6.07) is 2.14. The number of halogens is 2. The van der Waals surface area contributed by atoms with Crippen LogP contribution in [0.1, 0.15) is 23.2 Å². The summed E-state index contributed by atoms with van der Waals surface area (Å²) < 4.78 is 56.7. The summed E-state index contributed by atoms with van der Waals surface area (Å²) in [5, 5.41) is -0.835. The number of rotatable bonds is 3. The normalized spacial score (nSPS) is 19.6. The first-order valence-corrected chi connectivity index (χ1v) is 7.53. The second-order valence-corrected chi connectivity index (χ2v) is 6.43. The molecule has 1 atom stereocenters. The molecule has 0 saturated carbocycles. The van der Waals surface area contributed by atoms with Crippen molar-refractivity contribution in [1.29, 1.82) is 0 Å². The Morgan fingerprint density at radius 3 is 2.45 bits per heavy atom. The molecule has 1 fully saturated rings. The van der Waals surface area contributed by atoms with Gasteiger partial charge in [0.2, 0.25) is 10.0 Å². The van der Waals surface area contributed by atoms with E-state index in [1.165, 1.54) is 0 Å². The lowest BCUT2D eigenvalue weighted by Crippen LogP contribution is -2.42. The topological polar surface area (TPSA) is 72.5 Å². The zero-order valence-corrected chi connectivity index (χ0v) is 11.3. The number of nitrogens with one attached hydrogen (secondary N) is 1. The molecule has 2 rings (SSSR count). The van der Waals surface area contributed by atoms with Crippen molar-refractivity contribution in [2.75, 3.05) is 13.2 Å². The number of hydrogen-bond acceptors (Lipinski definition) is 4. The quantitative estimate of drug-likeness (QED) is 0.911. The molecule has 1 N–H and O–H groups in total. The van der Waals surface area contributed by atoms with Crippen LogP contribution in [0.25, 0.3) is 0 Å². The summed E-state index contributed by atoms with van der Waals surface area (Å²) >= 11 is 0. The van der Waals surface area contributed by atoms with Crippen LogP contribution in [0.15, 0.2) is 18.2 Å². The van der Waals surface area contributed by atoms with Crippen LogP contribution in [0, 0.1) is 11.6 Å². The first-order chi connectivity index (χ1) is 9.38. The Bertz CT molecular complexity index is 592. The van der Waals surface area contributed by atoms with Gasteiger partial charge in [0, 0.05) is 18.2 Å². The number of amides is 1. The Labute approximate surface area is 115 Å². The van der Waals surface area contributed by atoms with E-state index in [1.807, 2.05) is 4.72 Å². The molecule has 1 aromatic rings. The van der Waals surface area contributed by atoms with E-state index in [4.69, 9.17) is 4.74 Å². The Morgan fingerprint density at radius 1 is 1.25 bits per heavy atom. The molecule has 0 aromatic heterocycles. The minimum atomic E-state index is -3.93. The van der Waals surface area contributed by atoms with Crippen molar-refractivity contribution in [2.24, 2.45) is 0 Å². The van der Waals surface area contributed by atoms with E-state index in [2.05, 4.69) is 0 Å². The van der Waals surface area contributed by atoms with Crippen LogP contribution in [0.4, 0.5) is 8.78 Å². The maximum Gasteiger partial charge on any atom is 0.264 e. The number of benzene rings is 1. The van der Waals surface area contributed by atoms with Crippen molar-refractivity contribution < 1.29 is 26.7 Å². The highest BCUT2D eigenvalue weighted by atomic mass is 32.2. The molecule has 0 radical (unpaired) electrons. The number of hydrogen-bond donors (Lipinski definition) is 1. The van der Waals surface area contributed by atoms with Gasteiger partial charge in [-0.05, 0) is 25.0 Å². The third-order valence-corrected chi connectivity index (χ3v) is 4.64. The number of sulfonamides is 1. The standard InChI is InChI=1S/C12H13F2NO4S/c13-9-4-8(5-10(14)6-9)12(16)15-20(17,18)11-2-1-3-19-7-11/h4-6,11H,1-3,7H2,(H,15,16). The highest BCUT2D eigenvalue weighted by molar-refractivity contribution is 7.90. The van der Waals surface area contributed by atoms with Gasteiger partial charge < -0.3 is 4.74 Å². The van der Waals surface area contributed by atoms with Crippen LogP contribution in [0.2, 0.25) is 0 Å². The summed E-state index contributed by atoms with van der Waals surface area (Å²) in [7, 11) is -3.93. The van der Waals surface area contributed by atoms with Gasteiger partial charge in [0.1, 0.15) is 16.9 Å². The first-order valence-electron chi connectivity index (χ1n) is 5.98. The Kier molecular flexibility index (Phi) is 4.34. The van der Waals surface area contributed by atoms with E-state index < -0.39 is 32.8 Å². The molecule has 0 spiro atoms. The fraction of sp³-hybridized carbons (Fsp3) is 0.417. The highest BCUT2D eigenvalue weighted by Gasteiger charge is 2.29. The minimum absolute atomic E-state index is 0.000124. The lowest BCUT2D eigenvalue weighted by molar-refractivity contribution is 0.0952. The fourth-order valence-corrected chi connectivity index (χ4v) is 3.21. The third kappa shape index (κ3) is 3.51. The van der Waals surface area contributed by atoms with Crippen LogP contribution in [0.3, 0.4) is 0 Å². The van der Waals surface area contributed by atoms with Gasteiger partial charge in [-0.1, -0.05) is 0 Å². The predicted octanol–water partition coefficient (Wildman–Crippen LogP) is 1.20. The van der Waals surface area contributed by atoms with Crippen molar-refractivity contribution in [3.8, 4) is 0 Å². The van der Waals surface area contributed by atoms with Gasteiger partial charge in [-0.3, -0.25) is 4.79 Å². The second kappa shape index (κ2) is 5.84. The zero-order valence-electron chi connectivity index (χ0n) is 10.4. The molecule has 0 bridgehead atoms. The molecule has 1 aromatic carbocycles. The van der Waals surface area contributed by atoms with Gasteiger partial charge in [-0.15, -0.1) is 0 Å². The van der Waals surface area contributed by atoms with Gasteiger partial charge in [-0.25, -0.2) is 21.9 Å². The first kappa shape index (κ1) is 14.9. The lowest BCUT2D eigenvalue weighted by atomic mass is 10.2. The van der Waals surface area contributed by atoms with E-state index in [0.717, 1.165) is 12.1 Å². The minimum Gasteiger partial charge on any atom is -0.380 e. The van der Waals surface area contributed by atoms with Crippen LogP contribution in [0.5, 0.6) is 0 Å². The number of carbonyl (C=O) groups is 1. The molecular formula is C12H13F2NO4S. The summed E-state index contributed by atoms with van der Waals surface area (Å²) in [6.07, 6.45) is 0.953. The molecule has 5 nitrogen and oxygen atoms in total. The van der Waals surface area contributed by atoms with Gasteiger partial charge in [-0.2, -0.15) is 0 Å². The van der Waals surface area contributed by atoms with Crippen LogP contribution in [-0.2, 0) is 14.8 Å². The third-order valence-electron chi connectivity index (χ3n) is 2.92. The predicted molar refractivity (Wildman–Crippen MR) is 66.6 cm³/mol. The van der Waals surface area contributed by atoms with Gasteiger partial charge in [0.05, 0.1) is 6.61 Å². The average molecular weight is 305 g/mol. The molecule has 1 aliphatic heterocycles. The van der Waals surface area contributed by atoms with Crippen molar-refractivity contribution in [3.05, 3.63) is 35.4 Å². The van der Waals surface area contributed by atoms with Crippen molar-refractivity contribution in [1.82, 2.24) is 4.72 Å². The Hall–Kier alpha value is -1.54. The van der Waals surface area contributed by atoms with E-state index in [0.29, 0.717) is 25.5 Å². The van der Waals surface area contributed by atoms with Gasteiger partial charge >= 0.3 is 0 Å². The van der Waals surface area contributed by atoms with E-state index in [9.17, 15) is 22.0 Å².